The summed E-state index contributed by atoms with van der Waals surface area (Å²) in [6.45, 7) is 5.54. The molecule has 2 aromatic carbocycles. The quantitative estimate of drug-likeness (QED) is 0.456. The number of hydrogen-bond donors (Lipinski definition) is 1. The Balaban J connectivity index is 1.53. The van der Waals surface area contributed by atoms with Gasteiger partial charge in [0.1, 0.15) is 0 Å². The zero-order chi connectivity index (χ0) is 20.8. The van der Waals surface area contributed by atoms with Crippen molar-refractivity contribution in [2.24, 2.45) is 0 Å². The molecule has 0 bridgehead atoms. The topological polar surface area (TPSA) is 94.3 Å². The van der Waals surface area contributed by atoms with Crippen LogP contribution in [0.4, 0.5) is 5.69 Å². The minimum atomic E-state index is -0.394. The maximum absolute atomic E-state index is 12.2. The van der Waals surface area contributed by atoms with Crippen molar-refractivity contribution in [3.63, 3.8) is 0 Å². The number of aryl methyl sites for hydroxylation is 1. The highest BCUT2D eigenvalue weighted by Gasteiger charge is 2.13. The normalized spacial score (nSPS) is 10.8. The van der Waals surface area contributed by atoms with Crippen LogP contribution in [0.1, 0.15) is 29.8 Å². The van der Waals surface area contributed by atoms with Gasteiger partial charge in [-0.1, -0.05) is 30.0 Å². The van der Waals surface area contributed by atoms with E-state index in [0.717, 1.165) is 22.9 Å². The molecule has 0 spiro atoms. The summed E-state index contributed by atoms with van der Waals surface area (Å²) in [5.41, 5.74) is 2.92. The van der Waals surface area contributed by atoms with Gasteiger partial charge in [0.2, 0.25) is 11.8 Å². The van der Waals surface area contributed by atoms with Crippen LogP contribution in [-0.2, 0) is 9.53 Å². The van der Waals surface area contributed by atoms with Crippen LogP contribution in [0.25, 0.3) is 11.5 Å². The number of ether oxygens (including phenoxy) is 1. The fraction of sp³-hybridized carbons (Fsp3) is 0.238. The highest BCUT2D eigenvalue weighted by molar-refractivity contribution is 7.99. The van der Waals surface area contributed by atoms with Gasteiger partial charge in [-0.05, 0) is 56.7 Å². The molecule has 0 aliphatic rings. The molecule has 0 unspecified atom stereocenters. The van der Waals surface area contributed by atoms with Crippen molar-refractivity contribution < 1.29 is 18.7 Å². The molecule has 1 heterocycles. The zero-order valence-electron chi connectivity index (χ0n) is 16.3. The monoisotopic (exact) mass is 411 g/mol. The lowest BCUT2D eigenvalue weighted by atomic mass is 10.1. The lowest BCUT2D eigenvalue weighted by Gasteiger charge is -2.08. The van der Waals surface area contributed by atoms with Crippen molar-refractivity contribution in [3.05, 3.63) is 59.7 Å². The van der Waals surface area contributed by atoms with Crippen molar-refractivity contribution >= 4 is 29.3 Å². The number of carbonyl (C=O) groups excluding carboxylic acids is 2. The highest BCUT2D eigenvalue weighted by atomic mass is 32.2. The summed E-state index contributed by atoms with van der Waals surface area (Å²) in [6, 6.07) is 14.2. The van der Waals surface area contributed by atoms with Crippen LogP contribution in [0.3, 0.4) is 0 Å². The fourth-order valence-electron chi connectivity index (χ4n) is 2.49. The third kappa shape index (κ3) is 5.68. The van der Waals surface area contributed by atoms with Crippen LogP contribution in [0, 0.1) is 6.92 Å². The smallest absolute Gasteiger partial charge is 0.338 e. The Hall–Kier alpha value is -3.13. The number of esters is 1. The molecule has 7 nitrogen and oxygen atoms in total. The van der Waals surface area contributed by atoms with Crippen LogP contribution < -0.4 is 5.32 Å². The molecular formula is C21H21N3O4S. The Labute approximate surface area is 172 Å². The average molecular weight is 411 g/mol. The van der Waals surface area contributed by atoms with Gasteiger partial charge < -0.3 is 14.5 Å². The van der Waals surface area contributed by atoms with Crippen molar-refractivity contribution in [3.8, 4) is 11.5 Å². The van der Waals surface area contributed by atoms with Gasteiger partial charge in [0.05, 0.1) is 17.4 Å². The summed E-state index contributed by atoms with van der Waals surface area (Å²) < 4.78 is 10.8. The van der Waals surface area contributed by atoms with E-state index in [9.17, 15) is 9.59 Å². The van der Waals surface area contributed by atoms with Crippen LogP contribution in [0.2, 0.25) is 0 Å². The third-order valence-corrected chi connectivity index (χ3v) is 4.67. The van der Waals surface area contributed by atoms with Gasteiger partial charge in [0, 0.05) is 11.3 Å². The molecule has 0 atom stereocenters. The number of aromatic nitrogens is 2. The van der Waals surface area contributed by atoms with E-state index in [0.29, 0.717) is 22.4 Å². The van der Waals surface area contributed by atoms with E-state index in [-0.39, 0.29) is 17.8 Å². The number of hydrogen-bond acceptors (Lipinski definition) is 7. The van der Waals surface area contributed by atoms with Crippen molar-refractivity contribution in [2.75, 3.05) is 11.1 Å². The van der Waals surface area contributed by atoms with Gasteiger partial charge in [0.25, 0.3) is 5.22 Å². The summed E-state index contributed by atoms with van der Waals surface area (Å²) in [5.74, 6) is -0.0701. The second-order valence-corrected chi connectivity index (χ2v) is 7.48. The number of nitrogens with zero attached hydrogens (tertiary/aromatic N) is 2. The fourth-order valence-corrected chi connectivity index (χ4v) is 3.05. The van der Waals surface area contributed by atoms with E-state index in [1.54, 1.807) is 38.1 Å². The lowest BCUT2D eigenvalue weighted by molar-refractivity contribution is -0.113. The van der Waals surface area contributed by atoms with Crippen LogP contribution in [0.5, 0.6) is 0 Å². The molecule has 0 aliphatic carbocycles. The summed E-state index contributed by atoms with van der Waals surface area (Å²) in [5, 5.41) is 11.1. The van der Waals surface area contributed by atoms with Crippen molar-refractivity contribution in [1.82, 2.24) is 10.2 Å². The predicted octanol–water partition coefficient (Wildman–Crippen LogP) is 4.34. The maximum atomic E-state index is 12.2. The standard InChI is InChI=1S/C21H21N3O4S/c1-13(2)27-20(26)15-8-10-16(11-9-15)22-18(25)12-29-21-24-23-19(28-21)17-7-5-4-6-14(17)3/h4-11,13H,12H2,1-3H3,(H,22,25). The van der Waals surface area contributed by atoms with E-state index >= 15 is 0 Å². The molecule has 0 radical (unpaired) electrons. The summed E-state index contributed by atoms with van der Waals surface area (Å²) in [6.07, 6.45) is -0.185. The Morgan fingerprint density at radius 3 is 2.52 bits per heavy atom. The molecule has 0 saturated heterocycles. The number of benzene rings is 2. The molecule has 3 aromatic rings. The molecule has 1 N–H and O–H groups in total. The summed E-state index contributed by atoms with van der Waals surface area (Å²) in [7, 11) is 0. The number of amides is 1. The largest absolute Gasteiger partial charge is 0.459 e. The second-order valence-electron chi connectivity index (χ2n) is 6.56. The van der Waals surface area contributed by atoms with Gasteiger partial charge in [-0.15, -0.1) is 10.2 Å². The van der Waals surface area contributed by atoms with Gasteiger partial charge in [-0.25, -0.2) is 4.79 Å². The van der Waals surface area contributed by atoms with E-state index in [1.807, 2.05) is 31.2 Å². The number of nitrogens with one attached hydrogen (secondary N) is 1. The van der Waals surface area contributed by atoms with Gasteiger partial charge in [-0.2, -0.15) is 0 Å². The molecule has 150 valence electrons. The number of anilines is 1. The predicted molar refractivity (Wildman–Crippen MR) is 111 cm³/mol. The molecular weight excluding hydrogens is 390 g/mol. The second kappa shape index (κ2) is 9.38. The molecule has 29 heavy (non-hydrogen) atoms. The van der Waals surface area contributed by atoms with Crippen LogP contribution in [0.15, 0.2) is 58.2 Å². The van der Waals surface area contributed by atoms with E-state index < -0.39 is 5.97 Å². The SMILES string of the molecule is Cc1ccccc1-c1nnc(SCC(=O)Nc2ccc(C(=O)OC(C)C)cc2)o1. The Kier molecular flexibility index (Phi) is 6.66. The van der Waals surface area contributed by atoms with E-state index in [4.69, 9.17) is 9.15 Å². The van der Waals surface area contributed by atoms with Gasteiger partial charge in [-0.3, -0.25) is 4.79 Å². The van der Waals surface area contributed by atoms with Gasteiger partial charge in [0.15, 0.2) is 0 Å². The van der Waals surface area contributed by atoms with Crippen LogP contribution in [-0.4, -0.2) is 33.9 Å². The molecule has 8 heteroatoms. The number of rotatable bonds is 7. The minimum absolute atomic E-state index is 0.118. The summed E-state index contributed by atoms with van der Waals surface area (Å²) >= 11 is 1.16. The van der Waals surface area contributed by atoms with Crippen molar-refractivity contribution in [2.45, 2.75) is 32.1 Å². The molecule has 1 amide bonds. The molecule has 0 saturated carbocycles. The van der Waals surface area contributed by atoms with Crippen LogP contribution >= 0.6 is 11.8 Å². The van der Waals surface area contributed by atoms with E-state index in [1.165, 1.54) is 0 Å². The first-order valence-corrected chi connectivity index (χ1v) is 10.0. The first-order chi connectivity index (χ1) is 13.9. The summed E-state index contributed by atoms with van der Waals surface area (Å²) in [4.78, 5) is 24.0. The Bertz CT molecular complexity index is 999. The zero-order valence-corrected chi connectivity index (χ0v) is 17.2. The first-order valence-electron chi connectivity index (χ1n) is 9.05. The molecule has 0 fully saturated rings. The van der Waals surface area contributed by atoms with E-state index in [2.05, 4.69) is 15.5 Å². The Morgan fingerprint density at radius 2 is 1.83 bits per heavy atom. The lowest BCUT2D eigenvalue weighted by Crippen LogP contribution is -2.14. The first kappa shape index (κ1) is 20.6. The number of carbonyl (C=O) groups is 2. The molecule has 1 aromatic heterocycles. The van der Waals surface area contributed by atoms with Gasteiger partial charge >= 0.3 is 5.97 Å². The molecule has 0 aliphatic heterocycles. The molecule has 3 rings (SSSR count). The average Bonchev–Trinajstić information content (AvgIpc) is 3.15. The van der Waals surface area contributed by atoms with Crippen molar-refractivity contribution in [1.29, 1.82) is 0 Å². The third-order valence-electron chi connectivity index (χ3n) is 3.86. The maximum Gasteiger partial charge on any atom is 0.338 e. The minimum Gasteiger partial charge on any atom is -0.459 e. The Morgan fingerprint density at radius 1 is 1.10 bits per heavy atom. The highest BCUT2D eigenvalue weighted by Crippen LogP contribution is 2.25. The number of thioether (sulfide) groups is 1.